The number of aromatic hydroxyl groups is 1. The van der Waals surface area contributed by atoms with Gasteiger partial charge in [0, 0.05) is 30.8 Å². The lowest BCUT2D eigenvalue weighted by Crippen LogP contribution is -2.37. The molecule has 1 N–H and O–H groups in total. The van der Waals surface area contributed by atoms with Crippen molar-refractivity contribution in [3.8, 4) is 5.75 Å². The van der Waals surface area contributed by atoms with Gasteiger partial charge in [0.1, 0.15) is 11.6 Å². The van der Waals surface area contributed by atoms with Crippen LogP contribution in [0.25, 0.3) is 11.0 Å². The summed E-state index contributed by atoms with van der Waals surface area (Å²) in [5.41, 5.74) is 7.88. The number of phenolic OH excluding ortho intramolecular Hbond substituents is 1. The molecule has 1 heterocycles. The van der Waals surface area contributed by atoms with Crippen LogP contribution in [0.1, 0.15) is 71.3 Å². The second-order valence-electron chi connectivity index (χ2n) is 12.9. The van der Waals surface area contributed by atoms with Gasteiger partial charge in [-0.2, -0.15) is 0 Å². The highest BCUT2D eigenvalue weighted by atomic mass is 16.3. The molecule has 0 aliphatic heterocycles. The lowest BCUT2D eigenvalue weighted by atomic mass is 9.64. The SMILES string of the molecule is Cc1cc(CN(Cc2nc3ccccc3n2C)C2CCCCC2)c(O)c(C(c2ccccc2)(c2ccccc2)c2ccccc2)c1. The van der Waals surface area contributed by atoms with Gasteiger partial charge in [-0.05, 0) is 48.6 Å². The van der Waals surface area contributed by atoms with E-state index >= 15 is 0 Å². The van der Waals surface area contributed by atoms with Crippen molar-refractivity contribution in [2.45, 2.75) is 63.6 Å². The Balaban J connectivity index is 1.39. The molecule has 0 saturated heterocycles. The van der Waals surface area contributed by atoms with Crippen molar-refractivity contribution in [3.63, 3.8) is 0 Å². The van der Waals surface area contributed by atoms with Crippen LogP contribution < -0.4 is 0 Å². The molecular formula is C42H43N3O. The van der Waals surface area contributed by atoms with Gasteiger partial charge in [0.15, 0.2) is 0 Å². The first-order valence-corrected chi connectivity index (χ1v) is 16.7. The Bertz CT molecular complexity index is 1810. The van der Waals surface area contributed by atoms with Gasteiger partial charge in [0.2, 0.25) is 0 Å². The van der Waals surface area contributed by atoms with Crippen LogP contribution in [0.5, 0.6) is 5.75 Å². The zero-order valence-electron chi connectivity index (χ0n) is 26.9. The van der Waals surface area contributed by atoms with E-state index in [4.69, 9.17) is 4.98 Å². The van der Waals surface area contributed by atoms with E-state index in [0.29, 0.717) is 18.3 Å². The Morgan fingerprint density at radius 1 is 0.717 bits per heavy atom. The van der Waals surface area contributed by atoms with Crippen molar-refractivity contribution in [2.24, 2.45) is 7.05 Å². The van der Waals surface area contributed by atoms with Crippen LogP contribution in [0.3, 0.4) is 0 Å². The number of nitrogens with zero attached hydrogens (tertiary/aromatic N) is 3. The number of aromatic nitrogens is 2. The van der Waals surface area contributed by atoms with E-state index in [-0.39, 0.29) is 0 Å². The molecular weight excluding hydrogens is 562 g/mol. The van der Waals surface area contributed by atoms with E-state index in [1.807, 2.05) is 0 Å². The highest BCUT2D eigenvalue weighted by molar-refractivity contribution is 5.75. The third-order valence-electron chi connectivity index (χ3n) is 10.0. The largest absolute Gasteiger partial charge is 0.507 e. The number of phenols is 1. The molecule has 5 aromatic carbocycles. The molecule has 7 rings (SSSR count). The van der Waals surface area contributed by atoms with Crippen LogP contribution in [0, 0.1) is 6.92 Å². The van der Waals surface area contributed by atoms with Crippen molar-refractivity contribution in [3.05, 3.63) is 167 Å². The number of hydrogen-bond acceptors (Lipinski definition) is 3. The maximum atomic E-state index is 12.6. The quantitative estimate of drug-likeness (QED) is 0.167. The zero-order valence-corrected chi connectivity index (χ0v) is 26.9. The van der Waals surface area contributed by atoms with Crippen molar-refractivity contribution >= 4 is 11.0 Å². The van der Waals surface area contributed by atoms with E-state index < -0.39 is 5.41 Å². The molecule has 0 unspecified atom stereocenters. The second kappa shape index (κ2) is 13.0. The Labute approximate surface area is 273 Å². The molecule has 0 amide bonds. The number of aryl methyl sites for hydroxylation is 2. The number of imidazole rings is 1. The molecule has 0 radical (unpaired) electrons. The third-order valence-corrected chi connectivity index (χ3v) is 10.0. The molecule has 4 heteroatoms. The van der Waals surface area contributed by atoms with Gasteiger partial charge >= 0.3 is 0 Å². The minimum atomic E-state index is -0.707. The average Bonchev–Trinajstić information content (AvgIpc) is 3.43. The molecule has 0 bridgehead atoms. The van der Waals surface area contributed by atoms with Gasteiger partial charge < -0.3 is 9.67 Å². The van der Waals surface area contributed by atoms with Crippen LogP contribution in [0.2, 0.25) is 0 Å². The summed E-state index contributed by atoms with van der Waals surface area (Å²) in [6.45, 7) is 3.55. The predicted octanol–water partition coefficient (Wildman–Crippen LogP) is 9.30. The molecule has 1 aromatic heterocycles. The summed E-state index contributed by atoms with van der Waals surface area (Å²) >= 11 is 0. The first-order chi connectivity index (χ1) is 22.6. The van der Waals surface area contributed by atoms with E-state index in [9.17, 15) is 5.11 Å². The number of benzene rings is 5. The minimum Gasteiger partial charge on any atom is -0.507 e. The van der Waals surface area contributed by atoms with Crippen molar-refractivity contribution in [2.75, 3.05) is 0 Å². The molecule has 1 fully saturated rings. The third kappa shape index (κ3) is 5.52. The van der Waals surface area contributed by atoms with Gasteiger partial charge in [-0.3, -0.25) is 4.90 Å². The molecule has 0 spiro atoms. The molecule has 46 heavy (non-hydrogen) atoms. The van der Waals surface area contributed by atoms with Gasteiger partial charge in [-0.25, -0.2) is 4.98 Å². The minimum absolute atomic E-state index is 0.368. The summed E-state index contributed by atoms with van der Waals surface area (Å²) < 4.78 is 2.23. The summed E-state index contributed by atoms with van der Waals surface area (Å²) in [6.07, 6.45) is 6.13. The lowest BCUT2D eigenvalue weighted by molar-refractivity contribution is 0.134. The van der Waals surface area contributed by atoms with Crippen LogP contribution in [0.4, 0.5) is 0 Å². The molecule has 0 atom stereocenters. The van der Waals surface area contributed by atoms with E-state index in [1.165, 1.54) is 32.1 Å². The summed E-state index contributed by atoms with van der Waals surface area (Å²) in [5.74, 6) is 1.43. The summed E-state index contributed by atoms with van der Waals surface area (Å²) in [7, 11) is 2.12. The van der Waals surface area contributed by atoms with Crippen LogP contribution in [-0.4, -0.2) is 25.6 Å². The number of rotatable bonds is 9. The van der Waals surface area contributed by atoms with E-state index in [2.05, 4.69) is 151 Å². The normalized spacial score (nSPS) is 14.2. The Kier molecular flexibility index (Phi) is 8.47. The monoisotopic (exact) mass is 605 g/mol. The Morgan fingerprint density at radius 3 is 1.83 bits per heavy atom. The fraction of sp³-hybridized carbons (Fsp3) is 0.262. The maximum absolute atomic E-state index is 12.6. The number of para-hydroxylation sites is 2. The van der Waals surface area contributed by atoms with Crippen molar-refractivity contribution in [1.82, 2.24) is 14.5 Å². The molecule has 6 aromatic rings. The van der Waals surface area contributed by atoms with Crippen molar-refractivity contribution in [1.29, 1.82) is 0 Å². The highest BCUT2D eigenvalue weighted by Crippen LogP contribution is 2.49. The number of fused-ring (bicyclic) bond motifs is 1. The fourth-order valence-electron chi connectivity index (χ4n) is 7.79. The van der Waals surface area contributed by atoms with Crippen LogP contribution in [0.15, 0.2) is 127 Å². The molecule has 1 aliphatic carbocycles. The summed E-state index contributed by atoms with van der Waals surface area (Å²) in [4.78, 5) is 7.64. The Hall–Kier alpha value is -4.67. The lowest BCUT2D eigenvalue weighted by Gasteiger charge is -2.38. The number of hydrogen-bond donors (Lipinski definition) is 1. The average molecular weight is 606 g/mol. The zero-order chi connectivity index (χ0) is 31.5. The topological polar surface area (TPSA) is 41.3 Å². The summed E-state index contributed by atoms with van der Waals surface area (Å²) in [6, 6.07) is 45.2. The fourth-order valence-corrected chi connectivity index (χ4v) is 7.79. The predicted molar refractivity (Wildman–Crippen MR) is 188 cm³/mol. The smallest absolute Gasteiger partial charge is 0.124 e. The highest BCUT2D eigenvalue weighted by Gasteiger charge is 2.41. The molecule has 1 saturated carbocycles. The molecule has 232 valence electrons. The first-order valence-electron chi connectivity index (χ1n) is 16.7. The van der Waals surface area contributed by atoms with Crippen LogP contribution in [-0.2, 0) is 25.6 Å². The summed E-state index contributed by atoms with van der Waals surface area (Å²) in [5, 5.41) is 12.6. The van der Waals surface area contributed by atoms with E-state index in [0.717, 1.165) is 56.8 Å². The van der Waals surface area contributed by atoms with Gasteiger partial charge in [-0.15, -0.1) is 0 Å². The van der Waals surface area contributed by atoms with Gasteiger partial charge in [0.05, 0.1) is 23.0 Å². The molecule has 4 nitrogen and oxygen atoms in total. The van der Waals surface area contributed by atoms with Gasteiger partial charge in [0.25, 0.3) is 0 Å². The Morgan fingerprint density at radius 2 is 1.26 bits per heavy atom. The van der Waals surface area contributed by atoms with Gasteiger partial charge in [-0.1, -0.05) is 140 Å². The second-order valence-corrected chi connectivity index (χ2v) is 12.9. The van der Waals surface area contributed by atoms with E-state index in [1.54, 1.807) is 0 Å². The first kappa shape index (κ1) is 30.0. The van der Waals surface area contributed by atoms with Crippen molar-refractivity contribution < 1.29 is 5.11 Å². The van der Waals surface area contributed by atoms with Crippen LogP contribution >= 0.6 is 0 Å². The molecule has 1 aliphatic rings. The standard InChI is InChI=1S/C42H43N3O/c1-31-27-32(29-45(36-23-13-6-14-24-36)30-40-43-38-25-15-16-26-39(38)44(40)2)41(46)37(28-31)42(33-17-7-3-8-18-33,34-19-9-4-10-20-34)35-21-11-5-12-22-35/h3-5,7-12,15-22,25-28,36,46H,6,13-14,23-24,29-30H2,1-2H3. The maximum Gasteiger partial charge on any atom is 0.124 e.